The lowest BCUT2D eigenvalue weighted by Crippen LogP contribution is -2.44. The van der Waals surface area contributed by atoms with E-state index in [0.29, 0.717) is 36.3 Å². The summed E-state index contributed by atoms with van der Waals surface area (Å²) in [6.45, 7) is 11.2. The van der Waals surface area contributed by atoms with Crippen molar-refractivity contribution in [3.05, 3.63) is 59.9 Å². The van der Waals surface area contributed by atoms with E-state index in [1.165, 1.54) is 10.9 Å². The number of hydrogen-bond donors (Lipinski definition) is 1. The van der Waals surface area contributed by atoms with Gasteiger partial charge in [-0.05, 0) is 61.3 Å². The highest BCUT2D eigenvalue weighted by Gasteiger charge is 2.69. The molecule has 7 rings (SSSR count). The van der Waals surface area contributed by atoms with Gasteiger partial charge in [-0.15, -0.1) is 0 Å². The van der Waals surface area contributed by atoms with Crippen LogP contribution in [0.25, 0.3) is 10.9 Å². The van der Waals surface area contributed by atoms with Crippen molar-refractivity contribution in [1.82, 2.24) is 24.6 Å². The minimum absolute atomic E-state index is 0.00818. The maximum atomic E-state index is 13.5. The van der Waals surface area contributed by atoms with Crippen molar-refractivity contribution in [2.45, 2.75) is 72.4 Å². The molecule has 4 heterocycles. The van der Waals surface area contributed by atoms with Crippen molar-refractivity contribution in [3.63, 3.8) is 0 Å². The maximum absolute atomic E-state index is 13.5. The first-order valence-electron chi connectivity index (χ1n) is 14.2. The van der Waals surface area contributed by atoms with Gasteiger partial charge in [0.25, 0.3) is 0 Å². The van der Waals surface area contributed by atoms with Crippen molar-refractivity contribution in [2.75, 3.05) is 5.32 Å². The molecule has 0 bridgehead atoms. The van der Waals surface area contributed by atoms with Crippen LogP contribution < -0.4 is 10.1 Å². The van der Waals surface area contributed by atoms with Crippen LogP contribution in [0.4, 0.5) is 10.6 Å². The van der Waals surface area contributed by atoms with Crippen LogP contribution in [0.15, 0.2) is 47.4 Å². The number of carbonyl (C=O) groups is 2. The van der Waals surface area contributed by atoms with Gasteiger partial charge in [-0.2, -0.15) is 0 Å². The first-order valence-corrected chi connectivity index (χ1v) is 14.2. The number of anilines is 1. The molecule has 2 aliphatic carbocycles. The first-order chi connectivity index (χ1) is 19.5. The molecule has 0 spiro atoms. The summed E-state index contributed by atoms with van der Waals surface area (Å²) in [4.78, 5) is 37.4. The van der Waals surface area contributed by atoms with Crippen LogP contribution in [-0.4, -0.2) is 42.6 Å². The number of nitrogens with one attached hydrogen (secondary N) is 1. The monoisotopic (exact) mass is 554 g/mol. The molecule has 0 unspecified atom stereocenters. The summed E-state index contributed by atoms with van der Waals surface area (Å²) in [5.41, 5.74) is 2.45. The van der Waals surface area contributed by atoms with Crippen molar-refractivity contribution in [2.24, 2.45) is 16.7 Å². The number of nitrogens with zero attached hydrogens (tertiary/aromatic N) is 5. The molecule has 41 heavy (non-hydrogen) atoms. The lowest BCUT2D eigenvalue weighted by Gasteiger charge is -2.35. The van der Waals surface area contributed by atoms with E-state index in [2.05, 4.69) is 55.1 Å². The number of amides is 2. The second-order valence-corrected chi connectivity index (χ2v) is 12.8. The van der Waals surface area contributed by atoms with Gasteiger partial charge in [0.05, 0.1) is 17.8 Å². The zero-order chi connectivity index (χ0) is 28.7. The number of fused-ring (bicyclic) bond motifs is 2. The van der Waals surface area contributed by atoms with Gasteiger partial charge < -0.3 is 14.2 Å². The largest absolute Gasteiger partial charge is 0.439 e. The number of rotatable bonds is 5. The SMILES string of the molecule is C[C@H]1Cc2c(ncnc2Oc2ccc3c(ccn3C(=O)Nc3cc(C4CC4)on3)c2)CN1C(=O)C1C(C)(C)C1(C)C. The lowest BCUT2D eigenvalue weighted by molar-refractivity contribution is -0.137. The minimum atomic E-state index is -0.319. The molecular weight excluding hydrogens is 520 g/mol. The second kappa shape index (κ2) is 8.89. The fraction of sp³-hybridized carbons (Fsp3) is 0.452. The summed E-state index contributed by atoms with van der Waals surface area (Å²) in [6.07, 6.45) is 6.03. The Balaban J connectivity index is 1.08. The molecule has 0 saturated heterocycles. The van der Waals surface area contributed by atoms with Gasteiger partial charge in [0.1, 0.15) is 17.8 Å². The van der Waals surface area contributed by atoms with E-state index >= 15 is 0 Å². The molecule has 10 heteroatoms. The predicted octanol–water partition coefficient (Wildman–Crippen LogP) is 6.12. The average molecular weight is 555 g/mol. The quantitative estimate of drug-likeness (QED) is 0.316. The van der Waals surface area contributed by atoms with E-state index in [1.54, 1.807) is 12.3 Å². The van der Waals surface area contributed by atoms with Crippen molar-refractivity contribution in [3.8, 4) is 11.6 Å². The molecule has 2 amide bonds. The van der Waals surface area contributed by atoms with Crippen LogP contribution in [0.2, 0.25) is 0 Å². The zero-order valence-corrected chi connectivity index (χ0v) is 24.0. The van der Waals surface area contributed by atoms with Crippen LogP contribution in [0, 0.1) is 16.7 Å². The van der Waals surface area contributed by atoms with Gasteiger partial charge in [0, 0.05) is 41.1 Å². The lowest BCUT2D eigenvalue weighted by atomic mass is 9.98. The topological polar surface area (TPSA) is 115 Å². The van der Waals surface area contributed by atoms with E-state index in [4.69, 9.17) is 9.26 Å². The molecule has 4 aromatic rings. The Morgan fingerprint density at radius 2 is 1.85 bits per heavy atom. The van der Waals surface area contributed by atoms with E-state index in [0.717, 1.165) is 40.8 Å². The van der Waals surface area contributed by atoms with Crippen molar-refractivity contribution < 1.29 is 18.8 Å². The maximum Gasteiger partial charge on any atom is 0.331 e. The van der Waals surface area contributed by atoms with Gasteiger partial charge in [0.2, 0.25) is 11.8 Å². The van der Waals surface area contributed by atoms with E-state index in [1.807, 2.05) is 29.2 Å². The average Bonchev–Trinajstić information content (AvgIpc) is 3.67. The van der Waals surface area contributed by atoms with Crippen LogP contribution in [0.1, 0.15) is 70.4 Å². The smallest absolute Gasteiger partial charge is 0.331 e. The first kappa shape index (κ1) is 25.7. The van der Waals surface area contributed by atoms with Gasteiger partial charge in [-0.1, -0.05) is 32.9 Å². The summed E-state index contributed by atoms with van der Waals surface area (Å²) in [5, 5.41) is 7.63. The molecular formula is C31H34N6O4. The standard InChI is InChI=1S/C31H34N6O4/c1-17-12-21-22(15-37(17)28(38)26-30(2,3)31(26,4)5)32-16-33-27(21)40-20-8-9-23-19(13-20)10-11-36(23)29(39)34-25-14-24(41-35-25)18-6-7-18/h8-11,13-14,16-18,26H,6-7,12,15H2,1-5H3,(H,34,35,39)/t17-/m0/s1. The van der Waals surface area contributed by atoms with Crippen LogP contribution in [0.5, 0.6) is 11.6 Å². The number of benzene rings is 1. The van der Waals surface area contributed by atoms with Crippen LogP contribution >= 0.6 is 0 Å². The highest BCUT2D eigenvalue weighted by molar-refractivity contribution is 5.98. The Morgan fingerprint density at radius 1 is 1.07 bits per heavy atom. The second-order valence-electron chi connectivity index (χ2n) is 12.8. The number of ether oxygens (including phenoxy) is 1. The summed E-state index contributed by atoms with van der Waals surface area (Å²) in [6, 6.07) is 8.89. The molecule has 1 aliphatic heterocycles. The third-order valence-corrected chi connectivity index (χ3v) is 9.74. The Kier molecular flexibility index (Phi) is 5.58. The van der Waals surface area contributed by atoms with E-state index < -0.39 is 0 Å². The van der Waals surface area contributed by atoms with Crippen molar-refractivity contribution >= 4 is 28.7 Å². The molecule has 1 N–H and O–H groups in total. The predicted molar refractivity (Wildman–Crippen MR) is 152 cm³/mol. The Morgan fingerprint density at radius 3 is 2.59 bits per heavy atom. The number of aromatic nitrogens is 4. The van der Waals surface area contributed by atoms with Gasteiger partial charge in [0.15, 0.2) is 5.82 Å². The highest BCUT2D eigenvalue weighted by atomic mass is 16.5. The number of hydrogen-bond acceptors (Lipinski definition) is 7. The van der Waals surface area contributed by atoms with Gasteiger partial charge >= 0.3 is 6.03 Å². The van der Waals surface area contributed by atoms with Crippen LogP contribution in [-0.2, 0) is 17.8 Å². The summed E-state index contributed by atoms with van der Waals surface area (Å²) >= 11 is 0. The van der Waals surface area contributed by atoms with Gasteiger partial charge in [-0.3, -0.25) is 14.7 Å². The van der Waals surface area contributed by atoms with E-state index in [-0.39, 0.29) is 34.7 Å². The molecule has 212 valence electrons. The highest BCUT2D eigenvalue weighted by Crippen LogP contribution is 2.69. The molecule has 3 aliphatic rings. The minimum Gasteiger partial charge on any atom is -0.439 e. The molecule has 2 fully saturated rings. The number of carbonyl (C=O) groups excluding carboxylic acids is 2. The van der Waals surface area contributed by atoms with Crippen LogP contribution in [0.3, 0.4) is 0 Å². The molecule has 1 atom stereocenters. The zero-order valence-electron chi connectivity index (χ0n) is 24.0. The van der Waals surface area contributed by atoms with Gasteiger partial charge in [-0.25, -0.2) is 14.8 Å². The molecule has 1 aromatic carbocycles. The Hall–Kier alpha value is -4.21. The Labute approximate surface area is 238 Å². The summed E-state index contributed by atoms with van der Waals surface area (Å²) < 4.78 is 13.1. The molecule has 0 radical (unpaired) electrons. The molecule has 10 nitrogen and oxygen atoms in total. The van der Waals surface area contributed by atoms with E-state index in [9.17, 15) is 9.59 Å². The third-order valence-electron chi connectivity index (χ3n) is 9.74. The molecule has 3 aromatic heterocycles. The fourth-order valence-electron chi connectivity index (χ4n) is 6.41. The summed E-state index contributed by atoms with van der Waals surface area (Å²) in [7, 11) is 0. The normalized spacial score (nSPS) is 21.0. The fourth-order valence-corrected chi connectivity index (χ4v) is 6.41. The van der Waals surface area contributed by atoms with Crippen molar-refractivity contribution in [1.29, 1.82) is 0 Å². The Bertz CT molecular complexity index is 1680. The third kappa shape index (κ3) is 4.19. The molecule has 2 saturated carbocycles. The summed E-state index contributed by atoms with van der Waals surface area (Å²) in [5.74, 6) is 2.96.